The molecule has 26 heavy (non-hydrogen) atoms. The smallest absolute Gasteiger partial charge is 0.321 e. The average molecular weight is 368 g/mol. The highest BCUT2D eigenvalue weighted by atomic mass is 19.2. The summed E-state index contributed by atoms with van der Waals surface area (Å²) < 4.78 is 26.4. The third-order valence-electron chi connectivity index (χ3n) is 4.14. The monoisotopic (exact) mass is 368 g/mol. The average Bonchev–Trinajstić information content (AvgIpc) is 2.61. The fourth-order valence-electron chi connectivity index (χ4n) is 2.72. The van der Waals surface area contributed by atoms with Gasteiger partial charge >= 0.3 is 6.03 Å². The molecular weight excluding hydrogens is 346 g/mol. The van der Waals surface area contributed by atoms with Gasteiger partial charge in [-0.25, -0.2) is 13.6 Å². The van der Waals surface area contributed by atoms with Gasteiger partial charge in [0.2, 0.25) is 11.8 Å². The Kier molecular flexibility index (Phi) is 6.48. The van der Waals surface area contributed by atoms with E-state index >= 15 is 0 Å². The molecule has 0 bridgehead atoms. The zero-order chi connectivity index (χ0) is 19.3. The van der Waals surface area contributed by atoms with Gasteiger partial charge < -0.3 is 15.1 Å². The Morgan fingerprint density at radius 3 is 2.35 bits per heavy atom. The first-order valence-corrected chi connectivity index (χ1v) is 8.32. The number of imide groups is 1. The van der Waals surface area contributed by atoms with Gasteiger partial charge in [-0.1, -0.05) is 6.92 Å². The SMILES string of the molecule is CC(=O)NC(=O)NCC(C)C(=O)N1CCN(c2ccc(F)c(F)c2)CC1. The molecule has 0 saturated carbocycles. The van der Waals surface area contributed by atoms with Gasteiger partial charge in [0, 0.05) is 51.4 Å². The standard InChI is InChI=1S/C17H22F2N4O3/c1-11(10-20-17(26)21-12(2)24)16(25)23-7-5-22(6-8-23)13-3-4-14(18)15(19)9-13/h3-4,9,11H,5-8,10H2,1-2H3,(H2,20,21,24,26). The number of carbonyl (C=O) groups excluding carboxylic acids is 3. The quantitative estimate of drug-likeness (QED) is 0.834. The lowest BCUT2D eigenvalue weighted by atomic mass is 10.1. The molecule has 4 amide bonds. The molecule has 2 rings (SSSR count). The number of amides is 4. The summed E-state index contributed by atoms with van der Waals surface area (Å²) in [5.74, 6) is -2.82. The van der Waals surface area contributed by atoms with Crippen LogP contribution in [0.4, 0.5) is 19.3 Å². The predicted octanol–water partition coefficient (Wildman–Crippen LogP) is 1.10. The molecule has 1 aliphatic heterocycles. The van der Waals surface area contributed by atoms with Crippen molar-refractivity contribution in [3.8, 4) is 0 Å². The zero-order valence-electron chi connectivity index (χ0n) is 14.7. The van der Waals surface area contributed by atoms with E-state index in [4.69, 9.17) is 0 Å². The largest absolute Gasteiger partial charge is 0.368 e. The summed E-state index contributed by atoms with van der Waals surface area (Å²) >= 11 is 0. The number of anilines is 1. The number of hydrogen-bond donors (Lipinski definition) is 2. The first-order chi connectivity index (χ1) is 12.3. The van der Waals surface area contributed by atoms with Crippen molar-refractivity contribution in [2.45, 2.75) is 13.8 Å². The topological polar surface area (TPSA) is 81.8 Å². The first kappa shape index (κ1) is 19.6. The van der Waals surface area contributed by atoms with Crippen molar-refractivity contribution in [1.29, 1.82) is 0 Å². The van der Waals surface area contributed by atoms with Gasteiger partial charge in [0.15, 0.2) is 11.6 Å². The number of benzene rings is 1. The van der Waals surface area contributed by atoms with E-state index in [1.165, 1.54) is 13.0 Å². The van der Waals surface area contributed by atoms with Gasteiger partial charge in [-0.2, -0.15) is 0 Å². The molecule has 1 heterocycles. The van der Waals surface area contributed by atoms with Crippen molar-refractivity contribution in [2.24, 2.45) is 5.92 Å². The molecule has 142 valence electrons. The van der Waals surface area contributed by atoms with E-state index in [0.717, 1.165) is 12.1 Å². The van der Waals surface area contributed by atoms with Crippen molar-refractivity contribution < 1.29 is 23.2 Å². The summed E-state index contributed by atoms with van der Waals surface area (Å²) in [7, 11) is 0. The number of rotatable bonds is 4. The number of hydrogen-bond acceptors (Lipinski definition) is 4. The van der Waals surface area contributed by atoms with Gasteiger partial charge in [0.1, 0.15) is 0 Å². The van der Waals surface area contributed by atoms with Crippen LogP contribution in [-0.2, 0) is 9.59 Å². The van der Waals surface area contributed by atoms with Crippen molar-refractivity contribution in [1.82, 2.24) is 15.5 Å². The summed E-state index contributed by atoms with van der Waals surface area (Å²) in [6, 6.07) is 3.10. The molecule has 1 aromatic rings. The molecule has 1 fully saturated rings. The maximum absolute atomic E-state index is 13.3. The van der Waals surface area contributed by atoms with Crippen LogP contribution in [0.15, 0.2) is 18.2 Å². The van der Waals surface area contributed by atoms with Crippen LogP contribution in [0.5, 0.6) is 0 Å². The Morgan fingerprint density at radius 1 is 1.12 bits per heavy atom. The van der Waals surface area contributed by atoms with Crippen LogP contribution in [0.1, 0.15) is 13.8 Å². The van der Waals surface area contributed by atoms with Crippen LogP contribution in [0.25, 0.3) is 0 Å². The lowest BCUT2D eigenvalue weighted by molar-refractivity contribution is -0.135. The third kappa shape index (κ3) is 5.14. The van der Waals surface area contributed by atoms with E-state index in [0.29, 0.717) is 31.9 Å². The number of nitrogens with zero attached hydrogens (tertiary/aromatic N) is 2. The summed E-state index contributed by atoms with van der Waals surface area (Å²) in [5.41, 5.74) is 0.576. The van der Waals surface area contributed by atoms with Crippen LogP contribution in [-0.4, -0.2) is 55.5 Å². The number of carbonyl (C=O) groups is 3. The van der Waals surface area contributed by atoms with E-state index in [9.17, 15) is 23.2 Å². The van der Waals surface area contributed by atoms with Gasteiger partial charge in [0.05, 0.1) is 5.92 Å². The molecule has 0 radical (unpaired) electrons. The highest BCUT2D eigenvalue weighted by molar-refractivity contribution is 5.93. The Hall–Kier alpha value is -2.71. The Morgan fingerprint density at radius 2 is 1.77 bits per heavy atom. The second kappa shape index (κ2) is 8.59. The molecule has 1 saturated heterocycles. The van der Waals surface area contributed by atoms with Crippen LogP contribution >= 0.6 is 0 Å². The molecule has 1 aromatic carbocycles. The fourth-order valence-corrected chi connectivity index (χ4v) is 2.72. The Bertz CT molecular complexity index is 691. The highest BCUT2D eigenvalue weighted by Gasteiger charge is 2.25. The summed E-state index contributed by atoms with van der Waals surface area (Å²) in [5, 5.41) is 4.55. The molecule has 1 unspecified atom stereocenters. The number of nitrogens with one attached hydrogen (secondary N) is 2. The summed E-state index contributed by atoms with van der Waals surface area (Å²) in [6.07, 6.45) is 0. The van der Waals surface area contributed by atoms with E-state index in [1.54, 1.807) is 11.8 Å². The molecule has 9 heteroatoms. The number of urea groups is 1. The fraction of sp³-hybridized carbons (Fsp3) is 0.471. The van der Waals surface area contributed by atoms with Gasteiger partial charge in [-0.05, 0) is 12.1 Å². The zero-order valence-corrected chi connectivity index (χ0v) is 14.7. The molecule has 1 atom stereocenters. The van der Waals surface area contributed by atoms with Crippen LogP contribution in [0.3, 0.4) is 0 Å². The first-order valence-electron chi connectivity index (χ1n) is 8.32. The Labute approximate surface area is 150 Å². The second-order valence-corrected chi connectivity index (χ2v) is 6.20. The highest BCUT2D eigenvalue weighted by Crippen LogP contribution is 2.20. The lowest BCUT2D eigenvalue weighted by Gasteiger charge is -2.37. The number of halogens is 2. The minimum Gasteiger partial charge on any atom is -0.368 e. The minimum atomic E-state index is -0.899. The van der Waals surface area contributed by atoms with Crippen molar-refractivity contribution in [2.75, 3.05) is 37.6 Å². The summed E-state index contributed by atoms with van der Waals surface area (Å²) in [4.78, 5) is 38.1. The van der Waals surface area contributed by atoms with Gasteiger partial charge in [-0.15, -0.1) is 0 Å². The maximum Gasteiger partial charge on any atom is 0.321 e. The lowest BCUT2D eigenvalue weighted by Crippen LogP contribution is -2.51. The van der Waals surface area contributed by atoms with E-state index in [-0.39, 0.29) is 12.5 Å². The molecule has 0 aliphatic carbocycles. The van der Waals surface area contributed by atoms with E-state index < -0.39 is 29.5 Å². The van der Waals surface area contributed by atoms with E-state index in [1.807, 2.05) is 4.90 Å². The normalized spacial score (nSPS) is 15.4. The van der Waals surface area contributed by atoms with Crippen molar-refractivity contribution >= 4 is 23.5 Å². The third-order valence-corrected chi connectivity index (χ3v) is 4.14. The molecule has 0 spiro atoms. The van der Waals surface area contributed by atoms with Crippen molar-refractivity contribution in [3.63, 3.8) is 0 Å². The number of piperazine rings is 1. The van der Waals surface area contributed by atoms with Crippen molar-refractivity contribution in [3.05, 3.63) is 29.8 Å². The van der Waals surface area contributed by atoms with E-state index in [2.05, 4.69) is 10.6 Å². The van der Waals surface area contributed by atoms with Crippen LogP contribution in [0, 0.1) is 17.6 Å². The molecule has 1 aliphatic rings. The molecule has 2 N–H and O–H groups in total. The summed E-state index contributed by atoms with van der Waals surface area (Å²) in [6.45, 7) is 4.92. The van der Waals surface area contributed by atoms with Gasteiger partial charge in [0.25, 0.3) is 0 Å². The van der Waals surface area contributed by atoms with Crippen LogP contribution < -0.4 is 15.5 Å². The molecule has 7 nitrogen and oxygen atoms in total. The predicted molar refractivity (Wildman–Crippen MR) is 91.5 cm³/mol. The second-order valence-electron chi connectivity index (χ2n) is 6.20. The maximum atomic E-state index is 13.3. The molecular formula is C17H22F2N4O3. The Balaban J connectivity index is 1.82. The van der Waals surface area contributed by atoms with Gasteiger partial charge in [-0.3, -0.25) is 14.9 Å². The minimum absolute atomic E-state index is 0.112. The van der Waals surface area contributed by atoms with Crippen LogP contribution in [0.2, 0.25) is 0 Å². The molecule has 0 aromatic heterocycles.